The summed E-state index contributed by atoms with van der Waals surface area (Å²) < 4.78 is 25.6. The summed E-state index contributed by atoms with van der Waals surface area (Å²) in [6.07, 6.45) is 7.22. The molecular formula is C15H25N3O2S. The lowest BCUT2D eigenvalue weighted by atomic mass is 10.1. The van der Waals surface area contributed by atoms with E-state index in [1.54, 1.807) is 18.2 Å². The fourth-order valence-corrected chi connectivity index (χ4v) is 3.60. The third kappa shape index (κ3) is 3.89. The number of anilines is 2. The number of rotatable bonds is 4. The van der Waals surface area contributed by atoms with E-state index in [1.807, 2.05) is 0 Å². The standard InChI is InChI=1S/C15H25N3O2S/c1-18(2)21(19,20)13-9-10-14(16)15(11-13)17-12-7-5-3-4-6-8-12/h9-12,17H,3-8,16H2,1-2H3. The number of sulfonamides is 1. The van der Waals surface area contributed by atoms with E-state index in [2.05, 4.69) is 5.32 Å². The molecule has 1 saturated carbocycles. The predicted octanol–water partition coefficient (Wildman–Crippen LogP) is 2.65. The van der Waals surface area contributed by atoms with Crippen molar-refractivity contribution in [3.05, 3.63) is 18.2 Å². The Morgan fingerprint density at radius 3 is 2.33 bits per heavy atom. The lowest BCUT2D eigenvalue weighted by Crippen LogP contribution is -2.23. The summed E-state index contributed by atoms with van der Waals surface area (Å²) in [5, 5.41) is 3.43. The van der Waals surface area contributed by atoms with Crippen molar-refractivity contribution >= 4 is 21.4 Å². The fraction of sp³-hybridized carbons (Fsp3) is 0.600. The third-order valence-corrected chi connectivity index (χ3v) is 5.83. The fourth-order valence-electron chi connectivity index (χ4n) is 2.68. The van der Waals surface area contributed by atoms with E-state index in [-0.39, 0.29) is 4.90 Å². The normalized spacial score (nSPS) is 17.7. The van der Waals surface area contributed by atoms with E-state index in [1.165, 1.54) is 44.1 Å². The third-order valence-electron chi connectivity index (χ3n) is 4.02. The van der Waals surface area contributed by atoms with Crippen molar-refractivity contribution in [3.63, 3.8) is 0 Å². The van der Waals surface area contributed by atoms with Crippen LogP contribution in [0.1, 0.15) is 38.5 Å². The van der Waals surface area contributed by atoms with E-state index >= 15 is 0 Å². The molecular weight excluding hydrogens is 286 g/mol. The molecule has 0 amide bonds. The zero-order valence-electron chi connectivity index (χ0n) is 12.8. The van der Waals surface area contributed by atoms with Crippen molar-refractivity contribution in [3.8, 4) is 0 Å². The predicted molar refractivity (Wildman–Crippen MR) is 86.8 cm³/mol. The van der Waals surface area contributed by atoms with Crippen LogP contribution in [0.2, 0.25) is 0 Å². The van der Waals surface area contributed by atoms with Crippen LogP contribution < -0.4 is 11.1 Å². The Labute approximate surface area is 127 Å². The molecule has 6 heteroatoms. The maximum Gasteiger partial charge on any atom is 0.242 e. The molecule has 1 aliphatic rings. The molecule has 1 aliphatic carbocycles. The van der Waals surface area contributed by atoms with Crippen LogP contribution in [-0.4, -0.2) is 32.9 Å². The molecule has 1 aromatic carbocycles. The molecule has 0 atom stereocenters. The maximum absolute atomic E-state index is 12.2. The van der Waals surface area contributed by atoms with Gasteiger partial charge in [0.05, 0.1) is 16.3 Å². The van der Waals surface area contributed by atoms with Gasteiger partial charge in [0.15, 0.2) is 0 Å². The molecule has 118 valence electrons. The minimum absolute atomic E-state index is 0.276. The summed E-state index contributed by atoms with van der Waals surface area (Å²) in [7, 11) is -0.363. The zero-order chi connectivity index (χ0) is 15.5. The molecule has 0 aliphatic heterocycles. The Morgan fingerprint density at radius 1 is 1.14 bits per heavy atom. The van der Waals surface area contributed by atoms with E-state index in [0.717, 1.165) is 18.5 Å². The van der Waals surface area contributed by atoms with Crippen molar-refractivity contribution in [2.45, 2.75) is 49.5 Å². The monoisotopic (exact) mass is 311 g/mol. The molecule has 1 fully saturated rings. The van der Waals surface area contributed by atoms with Gasteiger partial charge in [-0.1, -0.05) is 25.7 Å². The average molecular weight is 311 g/mol. The first-order chi connectivity index (χ1) is 9.91. The Balaban J connectivity index is 2.23. The lowest BCUT2D eigenvalue weighted by Gasteiger charge is -2.20. The Morgan fingerprint density at radius 2 is 1.76 bits per heavy atom. The smallest absolute Gasteiger partial charge is 0.242 e. The van der Waals surface area contributed by atoms with Gasteiger partial charge in [0.25, 0.3) is 0 Å². The molecule has 0 radical (unpaired) electrons. The SMILES string of the molecule is CN(C)S(=O)(=O)c1ccc(N)c(NC2CCCCCC2)c1. The molecule has 21 heavy (non-hydrogen) atoms. The average Bonchev–Trinajstić information content (AvgIpc) is 2.69. The first-order valence-electron chi connectivity index (χ1n) is 7.50. The lowest BCUT2D eigenvalue weighted by molar-refractivity contribution is 0.520. The molecule has 5 nitrogen and oxygen atoms in total. The summed E-state index contributed by atoms with van der Waals surface area (Å²) in [5.74, 6) is 0. The maximum atomic E-state index is 12.2. The summed E-state index contributed by atoms with van der Waals surface area (Å²) in [6, 6.07) is 5.25. The summed E-state index contributed by atoms with van der Waals surface area (Å²) in [6.45, 7) is 0. The number of nitrogens with two attached hydrogens (primary N) is 1. The van der Waals surface area contributed by atoms with Gasteiger partial charge in [-0.25, -0.2) is 12.7 Å². The largest absolute Gasteiger partial charge is 0.397 e. The second-order valence-electron chi connectivity index (χ2n) is 5.87. The number of nitrogen functional groups attached to an aromatic ring is 1. The molecule has 0 spiro atoms. The summed E-state index contributed by atoms with van der Waals surface area (Å²) in [4.78, 5) is 0.276. The van der Waals surface area contributed by atoms with Gasteiger partial charge in [-0.2, -0.15) is 0 Å². The van der Waals surface area contributed by atoms with Crippen molar-refractivity contribution in [1.29, 1.82) is 0 Å². The van der Waals surface area contributed by atoms with Crippen LogP contribution in [0.3, 0.4) is 0 Å². The van der Waals surface area contributed by atoms with Crippen LogP contribution >= 0.6 is 0 Å². The van der Waals surface area contributed by atoms with Gasteiger partial charge in [0.2, 0.25) is 10.0 Å². The van der Waals surface area contributed by atoms with Gasteiger partial charge >= 0.3 is 0 Å². The van der Waals surface area contributed by atoms with Crippen LogP contribution in [0.4, 0.5) is 11.4 Å². The highest BCUT2D eigenvalue weighted by Gasteiger charge is 2.19. The van der Waals surface area contributed by atoms with E-state index in [0.29, 0.717) is 11.7 Å². The molecule has 0 saturated heterocycles. The van der Waals surface area contributed by atoms with E-state index in [4.69, 9.17) is 5.73 Å². The van der Waals surface area contributed by atoms with Crippen molar-refractivity contribution in [2.75, 3.05) is 25.1 Å². The molecule has 0 bridgehead atoms. The zero-order valence-corrected chi connectivity index (χ0v) is 13.6. The first kappa shape index (κ1) is 16.1. The molecule has 1 aromatic rings. The van der Waals surface area contributed by atoms with Crippen LogP contribution in [0.25, 0.3) is 0 Å². The molecule has 0 unspecified atom stereocenters. The second-order valence-corrected chi connectivity index (χ2v) is 8.02. The minimum Gasteiger partial charge on any atom is -0.397 e. The van der Waals surface area contributed by atoms with Gasteiger partial charge in [-0.3, -0.25) is 0 Å². The Kier molecular flexibility index (Phi) is 5.11. The second kappa shape index (κ2) is 6.66. The highest BCUT2D eigenvalue weighted by molar-refractivity contribution is 7.89. The number of benzene rings is 1. The molecule has 0 aromatic heterocycles. The molecule has 2 rings (SSSR count). The van der Waals surface area contributed by atoms with Crippen molar-refractivity contribution < 1.29 is 8.42 Å². The number of nitrogens with one attached hydrogen (secondary N) is 1. The summed E-state index contributed by atoms with van der Waals surface area (Å²) >= 11 is 0. The van der Waals surface area contributed by atoms with Gasteiger partial charge in [0.1, 0.15) is 0 Å². The van der Waals surface area contributed by atoms with Crippen LogP contribution in [0, 0.1) is 0 Å². The number of hydrogen-bond acceptors (Lipinski definition) is 4. The Hall–Kier alpha value is -1.27. The quantitative estimate of drug-likeness (QED) is 0.662. The van der Waals surface area contributed by atoms with Gasteiger partial charge in [-0.15, -0.1) is 0 Å². The molecule has 0 heterocycles. The van der Waals surface area contributed by atoms with Gasteiger partial charge in [-0.05, 0) is 31.0 Å². The first-order valence-corrected chi connectivity index (χ1v) is 8.94. The summed E-state index contributed by atoms with van der Waals surface area (Å²) in [5.41, 5.74) is 7.32. The Bertz CT molecular complexity index is 577. The number of hydrogen-bond donors (Lipinski definition) is 2. The highest BCUT2D eigenvalue weighted by atomic mass is 32.2. The van der Waals surface area contributed by atoms with Crippen LogP contribution in [-0.2, 0) is 10.0 Å². The van der Waals surface area contributed by atoms with Gasteiger partial charge < -0.3 is 11.1 Å². The molecule has 3 N–H and O–H groups in total. The topological polar surface area (TPSA) is 75.4 Å². The van der Waals surface area contributed by atoms with Crippen molar-refractivity contribution in [2.24, 2.45) is 0 Å². The van der Waals surface area contributed by atoms with Gasteiger partial charge in [0, 0.05) is 20.1 Å². The number of nitrogens with zero attached hydrogens (tertiary/aromatic N) is 1. The minimum atomic E-state index is -3.43. The van der Waals surface area contributed by atoms with E-state index in [9.17, 15) is 8.42 Å². The van der Waals surface area contributed by atoms with Crippen LogP contribution in [0.15, 0.2) is 23.1 Å². The van der Waals surface area contributed by atoms with E-state index < -0.39 is 10.0 Å². The van der Waals surface area contributed by atoms with Crippen LogP contribution in [0.5, 0.6) is 0 Å². The highest BCUT2D eigenvalue weighted by Crippen LogP contribution is 2.27. The van der Waals surface area contributed by atoms with Crippen molar-refractivity contribution in [1.82, 2.24) is 4.31 Å².